The molecule has 9 heteroatoms. The number of anilines is 2. The van der Waals surface area contributed by atoms with Gasteiger partial charge in [0, 0.05) is 23.2 Å². The number of aromatic nitrogens is 4. The van der Waals surface area contributed by atoms with Crippen LogP contribution in [0.5, 0.6) is 0 Å². The number of halogens is 1. The molecule has 152 valence electrons. The predicted octanol–water partition coefficient (Wildman–Crippen LogP) is 3.05. The summed E-state index contributed by atoms with van der Waals surface area (Å²) in [6.45, 7) is 1.59. The lowest BCUT2D eigenvalue weighted by molar-refractivity contribution is -0.117. The van der Waals surface area contributed by atoms with Crippen molar-refractivity contribution >= 4 is 50.0 Å². The van der Waals surface area contributed by atoms with E-state index in [1.807, 2.05) is 36.4 Å². The Bertz CT molecular complexity index is 1310. The number of nitrogens with one attached hydrogen (secondary N) is 1. The fourth-order valence-corrected chi connectivity index (χ4v) is 4.06. The largest absolute Gasteiger partial charge is 0.353 e. The molecule has 0 aliphatic carbocycles. The summed E-state index contributed by atoms with van der Waals surface area (Å²) >= 11 is 3.37. The van der Waals surface area contributed by atoms with Crippen LogP contribution < -0.4 is 15.9 Å². The summed E-state index contributed by atoms with van der Waals surface area (Å²) in [6, 6.07) is 14.8. The summed E-state index contributed by atoms with van der Waals surface area (Å²) < 4.78 is 3.69. The number of benzene rings is 2. The van der Waals surface area contributed by atoms with Gasteiger partial charge in [-0.05, 0) is 49.2 Å². The topological polar surface area (TPSA) is 84.5 Å². The number of fused-ring (bicyclic) bond motifs is 3. The minimum atomic E-state index is -0.352. The van der Waals surface area contributed by atoms with Gasteiger partial charge in [0.1, 0.15) is 6.54 Å². The fraction of sp³-hybridized carbons (Fsp3) is 0.238. The molecular formula is C21H19BrN6O2. The summed E-state index contributed by atoms with van der Waals surface area (Å²) in [6.07, 6.45) is 2.17. The van der Waals surface area contributed by atoms with Gasteiger partial charge in [0.2, 0.25) is 11.6 Å². The molecular weight excluding hydrogens is 448 g/mol. The molecule has 1 amide bonds. The molecule has 1 aliphatic heterocycles. The van der Waals surface area contributed by atoms with Crippen molar-refractivity contribution in [3.63, 3.8) is 0 Å². The number of carbonyl (C=O) groups is 1. The zero-order chi connectivity index (χ0) is 20.7. The molecule has 2 aromatic carbocycles. The molecule has 4 aromatic rings. The highest BCUT2D eigenvalue weighted by atomic mass is 79.9. The Balaban J connectivity index is 1.56. The first kappa shape index (κ1) is 18.8. The first-order valence-electron chi connectivity index (χ1n) is 9.79. The van der Waals surface area contributed by atoms with Crippen molar-refractivity contribution in [1.29, 1.82) is 0 Å². The van der Waals surface area contributed by atoms with E-state index in [2.05, 4.69) is 31.2 Å². The summed E-state index contributed by atoms with van der Waals surface area (Å²) in [5.74, 6) is 0.373. The molecule has 0 unspecified atom stereocenters. The first-order valence-corrected chi connectivity index (χ1v) is 10.6. The second-order valence-corrected chi connectivity index (χ2v) is 8.19. The lowest BCUT2D eigenvalue weighted by Crippen LogP contribution is -2.28. The summed E-state index contributed by atoms with van der Waals surface area (Å²) in [5.41, 5.74) is 2.20. The molecule has 1 aliphatic rings. The van der Waals surface area contributed by atoms with E-state index in [-0.39, 0.29) is 18.1 Å². The van der Waals surface area contributed by atoms with E-state index in [4.69, 9.17) is 4.98 Å². The van der Waals surface area contributed by atoms with Crippen LogP contribution in [0.4, 0.5) is 11.5 Å². The first-order chi connectivity index (χ1) is 14.6. The second-order valence-electron chi connectivity index (χ2n) is 7.27. The maximum Gasteiger partial charge on any atom is 0.351 e. The molecule has 30 heavy (non-hydrogen) atoms. The second kappa shape index (κ2) is 7.56. The SMILES string of the molecule is O=C(Cn1nc2c(N3CCCC3)nc3ccccc3n2c1=O)Nc1ccc(Br)cc1. The van der Waals surface area contributed by atoms with Crippen LogP contribution in [-0.4, -0.2) is 38.2 Å². The van der Waals surface area contributed by atoms with Crippen LogP contribution in [0.15, 0.2) is 57.8 Å². The van der Waals surface area contributed by atoms with Crippen LogP contribution in [0.3, 0.4) is 0 Å². The van der Waals surface area contributed by atoms with Gasteiger partial charge < -0.3 is 10.2 Å². The van der Waals surface area contributed by atoms with Crippen LogP contribution in [0, 0.1) is 0 Å². The number of hydrogen-bond donors (Lipinski definition) is 1. The molecule has 0 saturated carbocycles. The highest BCUT2D eigenvalue weighted by Gasteiger charge is 2.23. The molecule has 5 rings (SSSR count). The van der Waals surface area contributed by atoms with E-state index in [9.17, 15) is 9.59 Å². The van der Waals surface area contributed by atoms with E-state index in [1.54, 1.807) is 16.5 Å². The van der Waals surface area contributed by atoms with E-state index in [0.29, 0.717) is 22.7 Å². The molecule has 0 spiro atoms. The third kappa shape index (κ3) is 3.35. The molecule has 1 fully saturated rings. The van der Waals surface area contributed by atoms with Crippen LogP contribution >= 0.6 is 15.9 Å². The summed E-state index contributed by atoms with van der Waals surface area (Å²) in [4.78, 5) is 32.6. The van der Waals surface area contributed by atoms with Crippen molar-refractivity contribution in [1.82, 2.24) is 19.2 Å². The van der Waals surface area contributed by atoms with Gasteiger partial charge >= 0.3 is 5.69 Å². The fourth-order valence-electron chi connectivity index (χ4n) is 3.80. The number of rotatable bonds is 4. The average molecular weight is 467 g/mol. The zero-order valence-electron chi connectivity index (χ0n) is 16.1. The quantitative estimate of drug-likeness (QED) is 0.499. The lowest BCUT2D eigenvalue weighted by Gasteiger charge is -2.17. The van der Waals surface area contributed by atoms with Gasteiger partial charge in [0.15, 0.2) is 5.82 Å². The zero-order valence-corrected chi connectivity index (χ0v) is 17.7. The molecule has 1 saturated heterocycles. The van der Waals surface area contributed by atoms with E-state index in [0.717, 1.165) is 35.9 Å². The van der Waals surface area contributed by atoms with Gasteiger partial charge in [-0.1, -0.05) is 28.1 Å². The average Bonchev–Trinajstić information content (AvgIpc) is 3.38. The highest BCUT2D eigenvalue weighted by Crippen LogP contribution is 2.25. The van der Waals surface area contributed by atoms with Gasteiger partial charge in [-0.2, -0.15) is 0 Å². The van der Waals surface area contributed by atoms with Gasteiger partial charge in [0.05, 0.1) is 11.0 Å². The van der Waals surface area contributed by atoms with Gasteiger partial charge in [-0.25, -0.2) is 18.9 Å². The molecule has 2 aromatic heterocycles. The van der Waals surface area contributed by atoms with Crippen LogP contribution in [0.25, 0.3) is 16.7 Å². The Labute approximate surface area is 180 Å². The predicted molar refractivity (Wildman–Crippen MR) is 119 cm³/mol. The molecule has 1 N–H and O–H groups in total. The van der Waals surface area contributed by atoms with Gasteiger partial charge in [-0.15, -0.1) is 5.10 Å². The highest BCUT2D eigenvalue weighted by molar-refractivity contribution is 9.10. The van der Waals surface area contributed by atoms with Crippen LogP contribution in [0.2, 0.25) is 0 Å². The van der Waals surface area contributed by atoms with Crippen LogP contribution in [0.1, 0.15) is 12.8 Å². The molecule has 3 heterocycles. The summed E-state index contributed by atoms with van der Waals surface area (Å²) in [7, 11) is 0. The van der Waals surface area contributed by atoms with Crippen molar-refractivity contribution in [2.75, 3.05) is 23.3 Å². The van der Waals surface area contributed by atoms with E-state index < -0.39 is 0 Å². The van der Waals surface area contributed by atoms with Crippen LogP contribution in [-0.2, 0) is 11.3 Å². The van der Waals surface area contributed by atoms with Gasteiger partial charge in [0.25, 0.3) is 0 Å². The lowest BCUT2D eigenvalue weighted by atomic mass is 10.3. The Morgan fingerprint density at radius 2 is 1.80 bits per heavy atom. The number of para-hydroxylation sites is 2. The van der Waals surface area contributed by atoms with Crippen molar-refractivity contribution in [2.45, 2.75) is 19.4 Å². The maximum absolute atomic E-state index is 13.2. The standard InChI is InChI=1S/C21H19BrN6O2/c22-14-7-9-15(10-8-14)23-18(29)13-27-21(30)28-17-6-2-1-5-16(17)24-19(20(28)25-27)26-11-3-4-12-26/h1-2,5-10H,3-4,11-13H2,(H,23,29). The smallest absolute Gasteiger partial charge is 0.351 e. The van der Waals surface area contributed by atoms with Crippen molar-refractivity contribution in [3.05, 3.63) is 63.5 Å². The Morgan fingerprint density at radius 1 is 1.07 bits per heavy atom. The number of nitrogens with zero attached hydrogens (tertiary/aromatic N) is 5. The third-order valence-corrected chi connectivity index (χ3v) is 5.74. The maximum atomic E-state index is 13.2. The summed E-state index contributed by atoms with van der Waals surface area (Å²) in [5, 5.41) is 7.30. The van der Waals surface area contributed by atoms with Crippen molar-refractivity contribution in [3.8, 4) is 0 Å². The molecule has 0 bridgehead atoms. The third-order valence-electron chi connectivity index (χ3n) is 5.22. The Morgan fingerprint density at radius 3 is 2.57 bits per heavy atom. The van der Waals surface area contributed by atoms with Crippen molar-refractivity contribution < 1.29 is 4.79 Å². The Hall–Kier alpha value is -3.20. The molecule has 8 nitrogen and oxygen atoms in total. The van der Waals surface area contributed by atoms with Gasteiger partial charge in [-0.3, -0.25) is 4.79 Å². The van der Waals surface area contributed by atoms with Crippen molar-refractivity contribution in [2.24, 2.45) is 0 Å². The number of hydrogen-bond acceptors (Lipinski definition) is 5. The minimum absolute atomic E-state index is 0.176. The molecule has 0 atom stereocenters. The number of carbonyl (C=O) groups excluding carboxylic acids is 1. The normalized spacial score (nSPS) is 14.0. The monoisotopic (exact) mass is 466 g/mol. The molecule has 0 radical (unpaired) electrons. The van der Waals surface area contributed by atoms with E-state index >= 15 is 0 Å². The van der Waals surface area contributed by atoms with E-state index in [1.165, 1.54) is 4.68 Å². The number of amides is 1. The minimum Gasteiger partial charge on any atom is -0.353 e. The Kier molecular flexibility index (Phi) is 4.74.